The number of alkyl halides is 3. The number of carbonyl (C=O) groups excluding carboxylic acids is 1. The Kier molecular flexibility index (Phi) is 5.58. The van der Waals surface area contributed by atoms with Gasteiger partial charge in [0.25, 0.3) is 12.5 Å². The Morgan fingerprint density at radius 2 is 1.68 bits per heavy atom. The Hall–Kier alpha value is -2.67. The van der Waals surface area contributed by atoms with Crippen LogP contribution in [-0.4, -0.2) is 11.0 Å². The fourth-order valence-corrected chi connectivity index (χ4v) is 2.25. The van der Waals surface area contributed by atoms with Crippen LogP contribution in [0.15, 0.2) is 60.9 Å². The average molecular weight is 368 g/mol. The molecule has 0 aliphatic rings. The van der Waals surface area contributed by atoms with Crippen LogP contribution in [0.1, 0.15) is 5.56 Å². The predicted octanol–water partition coefficient (Wildman–Crippen LogP) is 0.184. The molecular weight excluding hydrogens is 355 g/mol. The van der Waals surface area contributed by atoms with Crippen LogP contribution in [0.5, 0.6) is 0 Å². The topological polar surface area (TPSA) is 45.9 Å². The zero-order valence-corrected chi connectivity index (χ0v) is 13.6. The van der Waals surface area contributed by atoms with Crippen molar-refractivity contribution < 1.29 is 35.1 Å². The summed E-state index contributed by atoms with van der Waals surface area (Å²) in [5.41, 5.74) is -0.458. The molecule has 0 saturated heterocycles. The van der Waals surface area contributed by atoms with Crippen LogP contribution in [0.3, 0.4) is 0 Å². The van der Waals surface area contributed by atoms with Crippen LogP contribution in [0, 0.1) is 0 Å². The molecule has 4 nitrogen and oxygen atoms in total. The molecule has 0 radical (unpaired) electrons. The Bertz CT molecular complexity index is 882. The zero-order chi connectivity index (χ0) is 17.2. The lowest BCUT2D eigenvalue weighted by molar-refractivity contribution is -0.740. The molecule has 1 amide bonds. The van der Waals surface area contributed by atoms with Crippen molar-refractivity contribution in [2.45, 2.75) is 12.7 Å². The van der Waals surface area contributed by atoms with Crippen LogP contribution in [0.25, 0.3) is 10.8 Å². The summed E-state index contributed by atoms with van der Waals surface area (Å²) in [6, 6.07) is 11.9. The fourth-order valence-electron chi connectivity index (χ4n) is 2.25. The van der Waals surface area contributed by atoms with Gasteiger partial charge in [-0.2, -0.15) is 13.2 Å². The number of hydrogen-bond donors (Lipinski definition) is 1. The number of fused-ring (bicyclic) bond motifs is 1. The fraction of sp³-hybridized carbons (Fsp3) is 0.118. The molecule has 0 aliphatic carbocycles. The van der Waals surface area contributed by atoms with Gasteiger partial charge in [0.05, 0.1) is 5.56 Å². The van der Waals surface area contributed by atoms with E-state index in [0.717, 1.165) is 22.9 Å². The molecule has 3 aromatic rings. The van der Waals surface area contributed by atoms with Gasteiger partial charge in [0, 0.05) is 16.5 Å². The molecule has 3 rings (SSSR count). The van der Waals surface area contributed by atoms with Crippen LogP contribution < -0.4 is 22.4 Å². The molecule has 0 bridgehead atoms. The Labute approximate surface area is 147 Å². The standard InChI is InChI=1S/C17H12F3N3O.ClH/c18-17(19,20)14-5-7-15(8-6-14)22-16(24)11-23-10-13-4-2-1-3-12(13)9-21-23;/h1-10H,11H2;1H. The van der Waals surface area contributed by atoms with Crippen LogP contribution in [0.4, 0.5) is 18.9 Å². The van der Waals surface area contributed by atoms with E-state index in [-0.39, 0.29) is 24.9 Å². The molecule has 1 heterocycles. The van der Waals surface area contributed by atoms with Crippen molar-refractivity contribution in [1.29, 1.82) is 0 Å². The summed E-state index contributed by atoms with van der Waals surface area (Å²) in [4.78, 5) is 12.0. The second kappa shape index (κ2) is 7.48. The highest BCUT2D eigenvalue weighted by Crippen LogP contribution is 2.29. The maximum atomic E-state index is 12.5. The molecule has 1 aromatic heterocycles. The molecule has 25 heavy (non-hydrogen) atoms. The number of amides is 1. The Morgan fingerprint density at radius 3 is 2.32 bits per heavy atom. The molecule has 0 atom stereocenters. The van der Waals surface area contributed by atoms with E-state index in [0.29, 0.717) is 5.69 Å². The van der Waals surface area contributed by atoms with Crippen LogP contribution >= 0.6 is 0 Å². The first kappa shape index (κ1) is 18.7. The molecule has 0 unspecified atom stereocenters. The number of carbonyl (C=O) groups is 1. The van der Waals surface area contributed by atoms with E-state index >= 15 is 0 Å². The minimum absolute atomic E-state index is 0. The molecular formula is C17H13ClF3N3O. The summed E-state index contributed by atoms with van der Waals surface area (Å²) in [6.07, 6.45) is -1.00. The van der Waals surface area contributed by atoms with Gasteiger partial charge in [-0.15, -0.1) is 0 Å². The minimum atomic E-state index is -4.40. The lowest BCUT2D eigenvalue weighted by Crippen LogP contribution is -3.00. The van der Waals surface area contributed by atoms with Gasteiger partial charge in [-0.25, -0.2) is 0 Å². The third-order valence-corrected chi connectivity index (χ3v) is 3.43. The summed E-state index contributed by atoms with van der Waals surface area (Å²) in [7, 11) is 0. The predicted molar refractivity (Wildman–Crippen MR) is 82.0 cm³/mol. The number of nitrogens with zero attached hydrogens (tertiary/aromatic N) is 2. The lowest BCUT2D eigenvalue weighted by Gasteiger charge is -2.07. The minimum Gasteiger partial charge on any atom is -1.00 e. The van der Waals surface area contributed by atoms with Gasteiger partial charge < -0.3 is 17.7 Å². The molecule has 0 fully saturated rings. The summed E-state index contributed by atoms with van der Waals surface area (Å²) >= 11 is 0. The van der Waals surface area contributed by atoms with E-state index in [1.54, 1.807) is 12.4 Å². The van der Waals surface area contributed by atoms with Crippen molar-refractivity contribution in [1.82, 2.24) is 5.10 Å². The number of aromatic nitrogens is 2. The molecule has 0 spiro atoms. The molecule has 2 aromatic carbocycles. The number of halogens is 4. The van der Waals surface area contributed by atoms with E-state index in [1.165, 1.54) is 16.8 Å². The van der Waals surface area contributed by atoms with Gasteiger partial charge in [0.2, 0.25) is 6.20 Å². The van der Waals surface area contributed by atoms with E-state index in [9.17, 15) is 18.0 Å². The molecule has 8 heteroatoms. The Balaban J connectivity index is 0.00000225. The first-order chi connectivity index (χ1) is 11.4. The summed E-state index contributed by atoms with van der Waals surface area (Å²) < 4.78 is 39.0. The molecule has 1 N–H and O–H groups in total. The van der Waals surface area contributed by atoms with Gasteiger partial charge in [-0.05, 0) is 35.4 Å². The zero-order valence-electron chi connectivity index (χ0n) is 12.8. The maximum Gasteiger partial charge on any atom is 0.416 e. The average Bonchev–Trinajstić information content (AvgIpc) is 2.54. The van der Waals surface area contributed by atoms with Crippen LogP contribution in [0.2, 0.25) is 0 Å². The first-order valence-electron chi connectivity index (χ1n) is 7.13. The van der Waals surface area contributed by atoms with Crippen molar-refractivity contribution >= 4 is 22.4 Å². The number of hydrogen-bond acceptors (Lipinski definition) is 2. The van der Waals surface area contributed by atoms with E-state index in [2.05, 4.69) is 10.4 Å². The SMILES string of the molecule is O=C(C[n+]1cc2ccccc2cn1)Nc1ccc(C(F)(F)F)cc1.[Cl-]. The van der Waals surface area contributed by atoms with Crippen molar-refractivity contribution in [3.8, 4) is 0 Å². The normalized spacial score (nSPS) is 11.0. The highest BCUT2D eigenvalue weighted by atomic mass is 35.5. The molecule has 130 valence electrons. The van der Waals surface area contributed by atoms with Crippen molar-refractivity contribution in [3.05, 3.63) is 66.5 Å². The highest BCUT2D eigenvalue weighted by molar-refractivity contribution is 5.89. The van der Waals surface area contributed by atoms with Gasteiger partial charge in [-0.3, -0.25) is 4.79 Å². The Morgan fingerprint density at radius 1 is 1.04 bits per heavy atom. The number of nitrogens with one attached hydrogen (secondary N) is 1. The molecule has 0 saturated carbocycles. The van der Waals surface area contributed by atoms with Gasteiger partial charge in [0.1, 0.15) is 6.20 Å². The lowest BCUT2D eigenvalue weighted by atomic mass is 10.2. The summed E-state index contributed by atoms with van der Waals surface area (Å²) in [6.45, 7) is -0.0359. The summed E-state index contributed by atoms with van der Waals surface area (Å²) in [5, 5.41) is 8.59. The largest absolute Gasteiger partial charge is 1.00 e. The van der Waals surface area contributed by atoms with Crippen LogP contribution in [-0.2, 0) is 17.5 Å². The quantitative estimate of drug-likeness (QED) is 0.672. The number of benzene rings is 2. The van der Waals surface area contributed by atoms with E-state index in [4.69, 9.17) is 0 Å². The third kappa shape index (κ3) is 4.67. The monoisotopic (exact) mass is 367 g/mol. The third-order valence-electron chi connectivity index (χ3n) is 3.43. The second-order valence-corrected chi connectivity index (χ2v) is 5.22. The first-order valence-corrected chi connectivity index (χ1v) is 7.13. The second-order valence-electron chi connectivity index (χ2n) is 5.22. The highest BCUT2D eigenvalue weighted by Gasteiger charge is 2.30. The smallest absolute Gasteiger partial charge is 0.416 e. The van der Waals surface area contributed by atoms with Gasteiger partial charge >= 0.3 is 6.18 Å². The summed E-state index contributed by atoms with van der Waals surface area (Å²) in [5.74, 6) is -0.373. The van der Waals surface area contributed by atoms with Gasteiger partial charge in [-0.1, -0.05) is 22.9 Å². The van der Waals surface area contributed by atoms with Crippen molar-refractivity contribution in [2.24, 2.45) is 0 Å². The van der Waals surface area contributed by atoms with Crippen molar-refractivity contribution in [2.75, 3.05) is 5.32 Å². The van der Waals surface area contributed by atoms with E-state index < -0.39 is 11.7 Å². The maximum absolute atomic E-state index is 12.5. The number of anilines is 1. The number of rotatable bonds is 3. The molecule has 0 aliphatic heterocycles. The van der Waals surface area contributed by atoms with Crippen molar-refractivity contribution in [3.63, 3.8) is 0 Å². The van der Waals surface area contributed by atoms with E-state index in [1.807, 2.05) is 24.3 Å². The van der Waals surface area contributed by atoms with Gasteiger partial charge in [0.15, 0.2) is 0 Å².